The Morgan fingerprint density at radius 1 is 1.19 bits per heavy atom. The third kappa shape index (κ3) is 3.08. The maximum atomic E-state index is 9.71. The molecule has 0 aliphatic heterocycles. The molecule has 0 saturated heterocycles. The molecule has 2 N–H and O–H groups in total. The minimum atomic E-state index is 0.264. The number of fused-ring (bicyclic) bond motifs is 1. The van der Waals surface area contributed by atoms with Gasteiger partial charge in [-0.25, -0.2) is 15.0 Å². The van der Waals surface area contributed by atoms with Crippen LogP contribution in [0.2, 0.25) is 0 Å². The molecule has 134 valence electrons. The lowest BCUT2D eigenvalue weighted by atomic mass is 9.79. The van der Waals surface area contributed by atoms with Crippen LogP contribution in [-0.4, -0.2) is 22.1 Å². The van der Waals surface area contributed by atoms with Crippen molar-refractivity contribution >= 4 is 5.82 Å². The number of hydrogen-bond acceptors (Lipinski definition) is 6. The summed E-state index contributed by atoms with van der Waals surface area (Å²) in [5.41, 5.74) is 11.4. The van der Waals surface area contributed by atoms with Gasteiger partial charge in [-0.1, -0.05) is 30.3 Å². The van der Waals surface area contributed by atoms with E-state index in [-0.39, 0.29) is 11.8 Å². The monoisotopic (exact) mass is 357 g/mol. The lowest BCUT2D eigenvalue weighted by Crippen LogP contribution is -2.17. The fourth-order valence-electron chi connectivity index (χ4n) is 3.77. The van der Waals surface area contributed by atoms with Crippen LogP contribution in [0.25, 0.3) is 11.1 Å². The maximum Gasteiger partial charge on any atom is 0.316 e. The van der Waals surface area contributed by atoms with Crippen molar-refractivity contribution in [3.8, 4) is 23.2 Å². The summed E-state index contributed by atoms with van der Waals surface area (Å²) in [5, 5.41) is 9.71. The number of pyridine rings is 1. The fraction of sp³-hybridized carbons (Fsp3) is 0.238. The molecule has 2 heterocycles. The Hall–Kier alpha value is -3.46. The summed E-state index contributed by atoms with van der Waals surface area (Å²) in [7, 11) is 1.52. The number of nitriles is 1. The number of aryl methyl sites for hydroxylation is 1. The summed E-state index contributed by atoms with van der Waals surface area (Å²) < 4.78 is 5.05. The number of nitrogens with two attached hydrogens (primary N) is 1. The van der Waals surface area contributed by atoms with Crippen LogP contribution >= 0.6 is 0 Å². The van der Waals surface area contributed by atoms with E-state index in [9.17, 15) is 5.26 Å². The van der Waals surface area contributed by atoms with E-state index in [1.807, 2.05) is 6.07 Å². The molecule has 0 fully saturated rings. The van der Waals surface area contributed by atoms with E-state index in [0.717, 1.165) is 41.6 Å². The molecule has 0 unspecified atom stereocenters. The van der Waals surface area contributed by atoms with Crippen LogP contribution in [0.5, 0.6) is 6.01 Å². The van der Waals surface area contributed by atoms with E-state index in [2.05, 4.69) is 45.3 Å². The van der Waals surface area contributed by atoms with Gasteiger partial charge in [0.25, 0.3) is 0 Å². The molecule has 1 atom stereocenters. The SMILES string of the molecule is COc1ncc(-c2c(C#N)c(N)nc3c2C[C@@H](c2ccccc2)CC3)cn1. The van der Waals surface area contributed by atoms with Crippen molar-refractivity contribution in [3.63, 3.8) is 0 Å². The van der Waals surface area contributed by atoms with Gasteiger partial charge in [0.05, 0.1) is 7.11 Å². The second kappa shape index (κ2) is 7.04. The standard InChI is InChI=1S/C21H19N5O/c1-27-21-24-11-15(12-25-21)19-16-9-14(13-5-3-2-4-6-13)7-8-18(16)26-20(23)17(19)10-22/h2-6,11-12,14H,7-9H2,1H3,(H2,23,26)/t14-/m0/s1. The van der Waals surface area contributed by atoms with E-state index in [1.165, 1.54) is 12.7 Å². The highest BCUT2D eigenvalue weighted by atomic mass is 16.5. The molecule has 4 rings (SSSR count). The van der Waals surface area contributed by atoms with Gasteiger partial charge < -0.3 is 10.5 Å². The quantitative estimate of drug-likeness (QED) is 0.772. The Balaban J connectivity index is 1.85. The number of hydrogen-bond donors (Lipinski definition) is 1. The van der Waals surface area contributed by atoms with Gasteiger partial charge in [0.2, 0.25) is 0 Å². The second-order valence-electron chi connectivity index (χ2n) is 6.59. The molecule has 27 heavy (non-hydrogen) atoms. The summed E-state index contributed by atoms with van der Waals surface area (Å²) in [6.45, 7) is 0. The molecular weight excluding hydrogens is 338 g/mol. The largest absolute Gasteiger partial charge is 0.467 e. The predicted octanol–water partition coefficient (Wildman–Crippen LogP) is 3.27. The highest BCUT2D eigenvalue weighted by Gasteiger charge is 2.27. The van der Waals surface area contributed by atoms with E-state index >= 15 is 0 Å². The van der Waals surface area contributed by atoms with Crippen molar-refractivity contribution in [3.05, 3.63) is 65.1 Å². The molecule has 0 saturated carbocycles. The Labute approximate surface area is 157 Å². The normalized spacial score (nSPS) is 15.6. The van der Waals surface area contributed by atoms with Crippen LogP contribution in [-0.2, 0) is 12.8 Å². The summed E-state index contributed by atoms with van der Waals surface area (Å²) in [6, 6.07) is 13.0. The van der Waals surface area contributed by atoms with Gasteiger partial charge in [-0.2, -0.15) is 5.26 Å². The zero-order valence-corrected chi connectivity index (χ0v) is 15.0. The Morgan fingerprint density at radius 3 is 2.59 bits per heavy atom. The van der Waals surface area contributed by atoms with Crippen molar-refractivity contribution in [1.29, 1.82) is 5.26 Å². The van der Waals surface area contributed by atoms with Gasteiger partial charge in [0.1, 0.15) is 17.5 Å². The summed E-state index contributed by atoms with van der Waals surface area (Å²) in [5.74, 6) is 0.647. The van der Waals surface area contributed by atoms with Gasteiger partial charge in [0, 0.05) is 29.2 Å². The molecule has 6 nitrogen and oxygen atoms in total. The van der Waals surface area contributed by atoms with Crippen molar-refractivity contribution in [1.82, 2.24) is 15.0 Å². The number of anilines is 1. The van der Waals surface area contributed by atoms with E-state index < -0.39 is 0 Å². The van der Waals surface area contributed by atoms with Crippen LogP contribution in [0.15, 0.2) is 42.7 Å². The molecule has 0 radical (unpaired) electrons. The number of methoxy groups -OCH3 is 1. The Morgan fingerprint density at radius 2 is 1.93 bits per heavy atom. The number of rotatable bonds is 3. The molecule has 2 aromatic heterocycles. The third-order valence-electron chi connectivity index (χ3n) is 5.07. The summed E-state index contributed by atoms with van der Waals surface area (Å²) >= 11 is 0. The fourth-order valence-corrected chi connectivity index (χ4v) is 3.77. The number of aromatic nitrogens is 3. The lowest BCUT2D eigenvalue weighted by Gasteiger charge is -2.27. The molecule has 0 spiro atoms. The zero-order valence-electron chi connectivity index (χ0n) is 15.0. The Kier molecular flexibility index (Phi) is 4.43. The first-order valence-corrected chi connectivity index (χ1v) is 8.84. The number of ether oxygens (including phenoxy) is 1. The minimum Gasteiger partial charge on any atom is -0.467 e. The number of benzene rings is 1. The van der Waals surface area contributed by atoms with Gasteiger partial charge >= 0.3 is 6.01 Å². The number of nitrogens with zero attached hydrogens (tertiary/aromatic N) is 4. The zero-order chi connectivity index (χ0) is 18.8. The predicted molar refractivity (Wildman–Crippen MR) is 102 cm³/mol. The average Bonchev–Trinajstić information content (AvgIpc) is 2.73. The maximum absolute atomic E-state index is 9.71. The van der Waals surface area contributed by atoms with Gasteiger partial charge in [-0.15, -0.1) is 0 Å². The molecule has 1 aliphatic carbocycles. The molecule has 1 aliphatic rings. The highest BCUT2D eigenvalue weighted by Crippen LogP contribution is 2.40. The van der Waals surface area contributed by atoms with Crippen molar-refractivity contribution in [2.24, 2.45) is 0 Å². The summed E-state index contributed by atoms with van der Waals surface area (Å²) in [4.78, 5) is 12.9. The highest BCUT2D eigenvalue weighted by molar-refractivity contribution is 5.78. The van der Waals surface area contributed by atoms with E-state index in [1.54, 1.807) is 12.4 Å². The van der Waals surface area contributed by atoms with E-state index in [0.29, 0.717) is 11.5 Å². The van der Waals surface area contributed by atoms with Crippen LogP contribution in [0, 0.1) is 11.3 Å². The van der Waals surface area contributed by atoms with Gasteiger partial charge in [0.15, 0.2) is 0 Å². The van der Waals surface area contributed by atoms with Crippen LogP contribution in [0.4, 0.5) is 5.82 Å². The van der Waals surface area contributed by atoms with Crippen LogP contribution < -0.4 is 10.5 Å². The Bertz CT molecular complexity index is 1010. The molecule has 0 bridgehead atoms. The smallest absolute Gasteiger partial charge is 0.316 e. The van der Waals surface area contributed by atoms with Gasteiger partial charge in [-0.05, 0) is 36.3 Å². The summed E-state index contributed by atoms with van der Waals surface area (Å²) in [6.07, 6.45) is 5.99. The lowest BCUT2D eigenvalue weighted by molar-refractivity contribution is 0.380. The second-order valence-corrected chi connectivity index (χ2v) is 6.59. The van der Waals surface area contributed by atoms with Crippen molar-refractivity contribution < 1.29 is 4.74 Å². The molecular formula is C21H19N5O. The topological polar surface area (TPSA) is 97.7 Å². The van der Waals surface area contributed by atoms with Crippen molar-refractivity contribution in [2.45, 2.75) is 25.2 Å². The first-order valence-electron chi connectivity index (χ1n) is 8.84. The molecule has 6 heteroatoms. The third-order valence-corrected chi connectivity index (χ3v) is 5.07. The first kappa shape index (κ1) is 17.0. The van der Waals surface area contributed by atoms with Crippen molar-refractivity contribution in [2.75, 3.05) is 12.8 Å². The molecule has 3 aromatic rings. The molecule has 1 aromatic carbocycles. The van der Waals surface area contributed by atoms with Crippen LogP contribution in [0.3, 0.4) is 0 Å². The molecule has 0 amide bonds. The number of nitrogen functional groups attached to an aromatic ring is 1. The van der Waals surface area contributed by atoms with Crippen LogP contribution in [0.1, 0.15) is 34.7 Å². The van der Waals surface area contributed by atoms with E-state index in [4.69, 9.17) is 10.5 Å². The van der Waals surface area contributed by atoms with Gasteiger partial charge in [-0.3, -0.25) is 0 Å². The minimum absolute atomic E-state index is 0.264. The first-order chi connectivity index (χ1) is 13.2. The average molecular weight is 357 g/mol.